The molecule has 1 rings (SSSR count). The largest absolute Gasteiger partial charge is 0.298 e. The number of nitrogens with zero attached hydrogens (tertiary/aromatic N) is 1. The summed E-state index contributed by atoms with van der Waals surface area (Å²) in [6.07, 6.45) is 4.36. The second kappa shape index (κ2) is 5.51. The van der Waals surface area contributed by atoms with Gasteiger partial charge in [-0.2, -0.15) is 0 Å². The van der Waals surface area contributed by atoms with E-state index in [1.807, 2.05) is 0 Å². The lowest BCUT2D eigenvalue weighted by Gasteiger charge is -2.38. The number of piperidine rings is 1. The number of hydrogen-bond donors (Lipinski definition) is 0. The highest BCUT2D eigenvalue weighted by Crippen LogP contribution is 2.22. The Hall–Kier alpha value is 0.200. The van der Waals surface area contributed by atoms with Crippen LogP contribution in [-0.4, -0.2) is 37.7 Å². The number of likely N-dealkylation sites (tertiary alicyclic amines) is 1. The second-order valence-electron chi connectivity index (χ2n) is 4.46. The van der Waals surface area contributed by atoms with E-state index in [0.29, 0.717) is 18.5 Å². The Balaban J connectivity index is 2.36. The van der Waals surface area contributed by atoms with Crippen LogP contribution in [0.3, 0.4) is 0 Å². The molecule has 5 heteroatoms. The van der Waals surface area contributed by atoms with Crippen molar-refractivity contribution in [3.05, 3.63) is 0 Å². The molecule has 3 nitrogen and oxygen atoms in total. The summed E-state index contributed by atoms with van der Waals surface area (Å²) < 4.78 is 21.6. The summed E-state index contributed by atoms with van der Waals surface area (Å²) in [5, 5.41) is 0. The van der Waals surface area contributed by atoms with Gasteiger partial charge in [-0.25, -0.2) is 8.42 Å². The minimum Gasteiger partial charge on any atom is -0.298 e. The molecule has 0 saturated carbocycles. The average Bonchev–Trinajstić information content (AvgIpc) is 2.08. The summed E-state index contributed by atoms with van der Waals surface area (Å²) >= 11 is 0. The van der Waals surface area contributed by atoms with Crippen LogP contribution in [0.15, 0.2) is 0 Å². The van der Waals surface area contributed by atoms with Crippen molar-refractivity contribution in [2.75, 3.05) is 12.3 Å². The molecule has 0 amide bonds. The molecule has 1 saturated heterocycles. The lowest BCUT2D eigenvalue weighted by atomic mass is 9.97. The van der Waals surface area contributed by atoms with Crippen molar-refractivity contribution in [3.8, 4) is 0 Å². The molecule has 0 aromatic carbocycles. The van der Waals surface area contributed by atoms with Gasteiger partial charge in [0.05, 0.1) is 5.75 Å². The third-order valence-electron chi connectivity index (χ3n) is 3.18. The van der Waals surface area contributed by atoms with E-state index in [2.05, 4.69) is 18.7 Å². The fraction of sp³-hybridized carbons (Fsp3) is 1.00. The van der Waals surface area contributed by atoms with Gasteiger partial charge in [0.25, 0.3) is 0 Å². The Kier molecular flexibility index (Phi) is 4.87. The van der Waals surface area contributed by atoms with Crippen molar-refractivity contribution in [2.24, 2.45) is 0 Å². The van der Waals surface area contributed by atoms with E-state index in [0.717, 1.165) is 6.54 Å². The van der Waals surface area contributed by atoms with Gasteiger partial charge in [0.1, 0.15) is 0 Å². The van der Waals surface area contributed by atoms with Crippen LogP contribution in [0.2, 0.25) is 0 Å². The predicted octanol–water partition coefficient (Wildman–Crippen LogP) is 2.21. The van der Waals surface area contributed by atoms with Crippen LogP contribution in [-0.2, 0) is 9.05 Å². The maximum atomic E-state index is 10.8. The molecule has 2 atom stereocenters. The molecule has 0 aliphatic carbocycles. The molecule has 0 unspecified atom stereocenters. The van der Waals surface area contributed by atoms with Gasteiger partial charge in [-0.1, -0.05) is 6.42 Å². The maximum absolute atomic E-state index is 10.8. The van der Waals surface area contributed by atoms with Gasteiger partial charge in [-0.15, -0.1) is 0 Å². The molecule has 1 heterocycles. The smallest absolute Gasteiger partial charge is 0.232 e. The van der Waals surface area contributed by atoms with E-state index in [-0.39, 0.29) is 5.75 Å². The van der Waals surface area contributed by atoms with E-state index in [9.17, 15) is 8.42 Å². The Bertz CT molecular complexity index is 282. The quantitative estimate of drug-likeness (QED) is 0.721. The molecule has 0 radical (unpaired) electrons. The summed E-state index contributed by atoms with van der Waals surface area (Å²) in [5.74, 6) is 0.0878. The zero-order chi connectivity index (χ0) is 11.5. The predicted molar refractivity (Wildman–Crippen MR) is 63.7 cm³/mol. The second-order valence-corrected chi connectivity index (χ2v) is 7.36. The fourth-order valence-electron chi connectivity index (χ4n) is 2.34. The molecule has 0 spiro atoms. The minimum atomic E-state index is -3.31. The zero-order valence-electron chi connectivity index (χ0n) is 9.45. The highest BCUT2D eigenvalue weighted by molar-refractivity contribution is 8.13. The van der Waals surface area contributed by atoms with Gasteiger partial charge in [0, 0.05) is 22.8 Å². The number of halogens is 1. The van der Waals surface area contributed by atoms with Crippen LogP contribution in [0.25, 0.3) is 0 Å². The average molecular weight is 254 g/mol. The molecule has 0 aromatic heterocycles. The molecular weight excluding hydrogens is 234 g/mol. The van der Waals surface area contributed by atoms with Crippen LogP contribution >= 0.6 is 10.7 Å². The van der Waals surface area contributed by atoms with Gasteiger partial charge >= 0.3 is 0 Å². The third kappa shape index (κ3) is 4.70. The van der Waals surface area contributed by atoms with Gasteiger partial charge < -0.3 is 0 Å². The van der Waals surface area contributed by atoms with Crippen LogP contribution in [0.4, 0.5) is 0 Å². The lowest BCUT2D eigenvalue weighted by molar-refractivity contribution is 0.104. The van der Waals surface area contributed by atoms with Crippen LogP contribution in [0.1, 0.15) is 39.5 Å². The topological polar surface area (TPSA) is 37.4 Å². The first-order valence-electron chi connectivity index (χ1n) is 5.58. The van der Waals surface area contributed by atoms with E-state index >= 15 is 0 Å². The lowest BCUT2D eigenvalue weighted by Crippen LogP contribution is -2.44. The van der Waals surface area contributed by atoms with E-state index < -0.39 is 9.05 Å². The van der Waals surface area contributed by atoms with Crippen molar-refractivity contribution >= 4 is 19.7 Å². The molecular formula is C10H20ClNO2S. The highest BCUT2D eigenvalue weighted by Gasteiger charge is 2.24. The molecule has 90 valence electrons. The van der Waals surface area contributed by atoms with Crippen molar-refractivity contribution < 1.29 is 8.42 Å². The Morgan fingerprint density at radius 3 is 2.27 bits per heavy atom. The summed E-state index contributed by atoms with van der Waals surface area (Å²) in [4.78, 5) is 2.39. The summed E-state index contributed by atoms with van der Waals surface area (Å²) in [6.45, 7) is 5.27. The Labute approximate surface area is 97.2 Å². The number of hydrogen-bond acceptors (Lipinski definition) is 3. The van der Waals surface area contributed by atoms with Gasteiger partial charge in [-0.05, 0) is 39.7 Å². The molecule has 15 heavy (non-hydrogen) atoms. The SMILES string of the molecule is C[C@H]1CCC[C@H](C)N1CCCS(=O)(=O)Cl. The van der Waals surface area contributed by atoms with Crippen molar-refractivity contribution in [1.29, 1.82) is 0 Å². The maximum Gasteiger partial charge on any atom is 0.232 e. The van der Waals surface area contributed by atoms with E-state index in [4.69, 9.17) is 10.7 Å². The first-order valence-corrected chi connectivity index (χ1v) is 8.06. The molecule has 1 fully saturated rings. The molecule has 0 bridgehead atoms. The molecule has 0 N–H and O–H groups in total. The Morgan fingerprint density at radius 1 is 1.27 bits per heavy atom. The summed E-state index contributed by atoms with van der Waals surface area (Å²) in [6, 6.07) is 1.15. The van der Waals surface area contributed by atoms with Gasteiger partial charge in [0.15, 0.2) is 0 Å². The summed E-state index contributed by atoms with van der Waals surface area (Å²) in [7, 11) is 1.86. The number of rotatable bonds is 4. The van der Waals surface area contributed by atoms with E-state index in [1.54, 1.807) is 0 Å². The van der Waals surface area contributed by atoms with Crippen molar-refractivity contribution in [2.45, 2.75) is 51.6 Å². The van der Waals surface area contributed by atoms with E-state index in [1.165, 1.54) is 19.3 Å². The van der Waals surface area contributed by atoms with Crippen LogP contribution in [0.5, 0.6) is 0 Å². The normalized spacial score (nSPS) is 29.3. The monoisotopic (exact) mass is 253 g/mol. The fourth-order valence-corrected chi connectivity index (χ4v) is 3.14. The molecule has 0 aromatic rings. The molecule has 1 aliphatic rings. The third-order valence-corrected chi connectivity index (χ3v) is 4.42. The first kappa shape index (κ1) is 13.3. The van der Waals surface area contributed by atoms with Crippen molar-refractivity contribution in [1.82, 2.24) is 4.90 Å². The Morgan fingerprint density at radius 2 is 1.80 bits per heavy atom. The minimum absolute atomic E-state index is 0.0878. The molecule has 1 aliphatic heterocycles. The van der Waals surface area contributed by atoms with Gasteiger partial charge in [0.2, 0.25) is 9.05 Å². The highest BCUT2D eigenvalue weighted by atomic mass is 35.7. The summed E-state index contributed by atoms with van der Waals surface area (Å²) in [5.41, 5.74) is 0. The van der Waals surface area contributed by atoms with Crippen LogP contribution in [0, 0.1) is 0 Å². The first-order chi connectivity index (χ1) is 6.90. The van der Waals surface area contributed by atoms with Gasteiger partial charge in [-0.3, -0.25) is 4.90 Å². The standard InChI is InChI=1S/C10H20ClNO2S/c1-9-5-3-6-10(2)12(9)7-4-8-15(11,13)14/h9-10H,3-8H2,1-2H3/t9-,10-/m0/s1. The van der Waals surface area contributed by atoms with Crippen molar-refractivity contribution in [3.63, 3.8) is 0 Å². The van der Waals surface area contributed by atoms with Crippen LogP contribution < -0.4 is 0 Å². The zero-order valence-corrected chi connectivity index (χ0v) is 11.0.